The van der Waals surface area contributed by atoms with Gasteiger partial charge in [0.05, 0.1) is 0 Å². The van der Waals surface area contributed by atoms with E-state index >= 15 is 0 Å². The summed E-state index contributed by atoms with van der Waals surface area (Å²) in [5, 5.41) is 9.16. The van der Waals surface area contributed by atoms with Crippen LogP contribution in [-0.2, 0) is 4.79 Å². The molecule has 20 heavy (non-hydrogen) atoms. The van der Waals surface area contributed by atoms with Gasteiger partial charge in [0.25, 0.3) is 0 Å². The van der Waals surface area contributed by atoms with Gasteiger partial charge < -0.3 is 9.84 Å². The molecule has 0 amide bonds. The largest absolute Gasteiger partial charge is 0.478 e. The third-order valence-electron chi connectivity index (χ3n) is 2.75. The first kappa shape index (κ1) is 14.0. The summed E-state index contributed by atoms with van der Waals surface area (Å²) in [5.74, 6) is -3.08. The molecule has 3 nitrogen and oxygen atoms in total. The molecule has 0 heterocycles. The minimum Gasteiger partial charge on any atom is -0.478 e. The highest BCUT2D eigenvalue weighted by Gasteiger charge is 2.23. The second kappa shape index (κ2) is 5.69. The maximum Gasteiger partial charge on any atom is 0.349 e. The second-order valence-electron chi connectivity index (χ2n) is 4.32. The van der Waals surface area contributed by atoms with Gasteiger partial charge in [0.1, 0.15) is 5.75 Å². The zero-order chi connectivity index (χ0) is 14.7. The minimum absolute atomic E-state index is 0.0389. The van der Waals surface area contributed by atoms with E-state index in [0.717, 1.165) is 17.7 Å². The van der Waals surface area contributed by atoms with Crippen molar-refractivity contribution >= 4 is 5.97 Å². The summed E-state index contributed by atoms with van der Waals surface area (Å²) < 4.78 is 31.4. The highest BCUT2D eigenvalue weighted by Crippen LogP contribution is 2.24. The van der Waals surface area contributed by atoms with Gasteiger partial charge in [0.15, 0.2) is 11.6 Å². The molecule has 2 aromatic carbocycles. The first-order valence-corrected chi connectivity index (χ1v) is 5.88. The predicted octanol–water partition coefficient (Wildman–Crippen LogP) is 3.48. The van der Waals surface area contributed by atoms with E-state index in [1.807, 2.05) is 6.92 Å². The number of ether oxygens (including phenoxy) is 1. The molecule has 0 saturated carbocycles. The lowest BCUT2D eigenvalue weighted by molar-refractivity contribution is -0.145. The van der Waals surface area contributed by atoms with E-state index in [-0.39, 0.29) is 5.56 Å². The van der Waals surface area contributed by atoms with Gasteiger partial charge in [0.2, 0.25) is 6.10 Å². The van der Waals surface area contributed by atoms with Crippen molar-refractivity contribution in [3.63, 3.8) is 0 Å². The van der Waals surface area contributed by atoms with Crippen LogP contribution in [0.1, 0.15) is 17.2 Å². The van der Waals surface area contributed by atoms with Crippen molar-refractivity contribution in [1.82, 2.24) is 0 Å². The fraction of sp³-hybridized carbons (Fsp3) is 0.133. The molecule has 0 aliphatic heterocycles. The van der Waals surface area contributed by atoms with Gasteiger partial charge in [-0.25, -0.2) is 13.6 Å². The van der Waals surface area contributed by atoms with Crippen LogP contribution in [0.15, 0.2) is 42.5 Å². The van der Waals surface area contributed by atoms with Gasteiger partial charge in [-0.2, -0.15) is 0 Å². The SMILES string of the molecule is Cc1ccc(OC(C(=O)O)c2ccc(F)c(F)c2)cc1. The van der Waals surface area contributed by atoms with E-state index in [1.165, 1.54) is 6.07 Å². The molecule has 0 spiro atoms. The fourth-order valence-corrected chi connectivity index (χ4v) is 1.69. The van der Waals surface area contributed by atoms with Crippen molar-refractivity contribution in [3.05, 3.63) is 65.2 Å². The number of hydrogen-bond acceptors (Lipinski definition) is 2. The Bertz CT molecular complexity index is 624. The average molecular weight is 278 g/mol. The molecule has 0 aliphatic rings. The van der Waals surface area contributed by atoms with Crippen molar-refractivity contribution in [2.24, 2.45) is 0 Å². The van der Waals surface area contributed by atoms with Crippen molar-refractivity contribution in [2.45, 2.75) is 13.0 Å². The third kappa shape index (κ3) is 3.12. The van der Waals surface area contributed by atoms with Gasteiger partial charge in [-0.1, -0.05) is 23.8 Å². The topological polar surface area (TPSA) is 46.5 Å². The maximum absolute atomic E-state index is 13.2. The lowest BCUT2D eigenvalue weighted by Gasteiger charge is -2.15. The van der Waals surface area contributed by atoms with Crippen molar-refractivity contribution in [2.75, 3.05) is 0 Å². The number of hydrogen-bond donors (Lipinski definition) is 1. The molecule has 2 aromatic rings. The van der Waals surface area contributed by atoms with Gasteiger partial charge in [-0.15, -0.1) is 0 Å². The van der Waals surface area contributed by atoms with Crippen LogP contribution in [0.3, 0.4) is 0 Å². The van der Waals surface area contributed by atoms with Gasteiger partial charge in [0, 0.05) is 5.56 Å². The Balaban J connectivity index is 2.29. The Kier molecular flexibility index (Phi) is 3.98. The van der Waals surface area contributed by atoms with Crippen LogP contribution in [-0.4, -0.2) is 11.1 Å². The van der Waals surface area contributed by atoms with Crippen molar-refractivity contribution in [1.29, 1.82) is 0 Å². The monoisotopic (exact) mass is 278 g/mol. The van der Waals surface area contributed by atoms with Crippen molar-refractivity contribution < 1.29 is 23.4 Å². The van der Waals surface area contributed by atoms with E-state index < -0.39 is 23.7 Å². The normalized spacial score (nSPS) is 11.9. The molecule has 1 atom stereocenters. The Morgan fingerprint density at radius 1 is 1.10 bits per heavy atom. The van der Waals surface area contributed by atoms with Crippen LogP contribution in [0, 0.1) is 18.6 Å². The van der Waals surface area contributed by atoms with E-state index in [0.29, 0.717) is 5.75 Å². The van der Waals surface area contributed by atoms with Crippen LogP contribution >= 0.6 is 0 Å². The lowest BCUT2D eigenvalue weighted by atomic mass is 10.1. The summed E-state index contributed by atoms with van der Waals surface area (Å²) in [6.07, 6.45) is -1.40. The molecule has 1 N–H and O–H groups in total. The fourth-order valence-electron chi connectivity index (χ4n) is 1.69. The Labute approximate surface area is 114 Å². The standard InChI is InChI=1S/C15H12F2O3/c1-9-2-5-11(6-3-9)20-14(15(18)19)10-4-7-12(16)13(17)8-10/h2-8,14H,1H3,(H,18,19). The van der Waals surface area contributed by atoms with Gasteiger partial charge in [-0.05, 0) is 31.2 Å². The summed E-state index contributed by atoms with van der Waals surface area (Å²) >= 11 is 0. The summed E-state index contributed by atoms with van der Waals surface area (Å²) in [6, 6.07) is 9.64. The van der Waals surface area contributed by atoms with Gasteiger partial charge >= 0.3 is 5.97 Å². The molecule has 0 aliphatic carbocycles. The van der Waals surface area contributed by atoms with E-state index in [9.17, 15) is 13.6 Å². The number of carbonyl (C=O) groups is 1. The van der Waals surface area contributed by atoms with Crippen LogP contribution in [0.2, 0.25) is 0 Å². The van der Waals surface area contributed by atoms with E-state index in [2.05, 4.69) is 0 Å². The molecule has 5 heteroatoms. The van der Waals surface area contributed by atoms with Crippen LogP contribution in [0.25, 0.3) is 0 Å². The summed E-state index contributed by atoms with van der Waals surface area (Å²) in [5.41, 5.74) is 1.04. The first-order chi connectivity index (χ1) is 9.47. The van der Waals surface area contributed by atoms with Gasteiger partial charge in [-0.3, -0.25) is 0 Å². The molecule has 0 saturated heterocycles. The molecule has 0 fully saturated rings. The third-order valence-corrected chi connectivity index (χ3v) is 2.75. The number of carboxylic acid groups (broad SMARTS) is 1. The van der Waals surface area contributed by atoms with Crippen LogP contribution in [0.4, 0.5) is 8.78 Å². The number of halogens is 2. The Hall–Kier alpha value is -2.43. The molecular weight excluding hydrogens is 266 g/mol. The highest BCUT2D eigenvalue weighted by molar-refractivity contribution is 5.74. The minimum atomic E-state index is -1.40. The maximum atomic E-state index is 13.2. The highest BCUT2D eigenvalue weighted by atomic mass is 19.2. The quantitative estimate of drug-likeness (QED) is 0.931. The average Bonchev–Trinajstić information content (AvgIpc) is 2.41. The number of aryl methyl sites for hydroxylation is 1. The summed E-state index contributed by atoms with van der Waals surface area (Å²) in [6.45, 7) is 1.88. The number of carboxylic acids is 1. The smallest absolute Gasteiger partial charge is 0.349 e. The molecule has 104 valence electrons. The second-order valence-corrected chi connectivity index (χ2v) is 4.32. The van der Waals surface area contributed by atoms with Crippen LogP contribution < -0.4 is 4.74 Å². The summed E-state index contributed by atoms with van der Waals surface area (Å²) in [4.78, 5) is 11.2. The lowest BCUT2D eigenvalue weighted by Crippen LogP contribution is -2.18. The molecule has 1 unspecified atom stereocenters. The molecule has 0 aromatic heterocycles. The first-order valence-electron chi connectivity index (χ1n) is 5.88. The molecular formula is C15H12F2O3. The summed E-state index contributed by atoms with van der Waals surface area (Å²) in [7, 11) is 0. The Morgan fingerprint density at radius 2 is 1.75 bits per heavy atom. The van der Waals surface area contributed by atoms with Crippen molar-refractivity contribution in [3.8, 4) is 5.75 Å². The van der Waals surface area contributed by atoms with E-state index in [4.69, 9.17) is 9.84 Å². The van der Waals surface area contributed by atoms with Crippen LogP contribution in [0.5, 0.6) is 5.75 Å². The van der Waals surface area contributed by atoms with E-state index in [1.54, 1.807) is 24.3 Å². The Morgan fingerprint density at radius 3 is 2.30 bits per heavy atom. The molecule has 0 bridgehead atoms. The molecule has 0 radical (unpaired) electrons. The number of benzene rings is 2. The predicted molar refractivity (Wildman–Crippen MR) is 68.5 cm³/mol. The number of rotatable bonds is 4. The number of aliphatic carboxylic acids is 1. The molecule has 2 rings (SSSR count). The zero-order valence-electron chi connectivity index (χ0n) is 10.6. The zero-order valence-corrected chi connectivity index (χ0v) is 10.6.